The van der Waals surface area contributed by atoms with Gasteiger partial charge in [-0.2, -0.15) is 0 Å². The molecule has 0 aliphatic heterocycles. The van der Waals surface area contributed by atoms with Crippen LogP contribution in [0.1, 0.15) is 6.92 Å². The molecule has 12 heavy (non-hydrogen) atoms. The Morgan fingerprint density at radius 1 is 1.33 bits per heavy atom. The van der Waals surface area contributed by atoms with Gasteiger partial charge in [-0.05, 0) is 31.2 Å². The number of halogens is 2. The van der Waals surface area contributed by atoms with Crippen LogP contribution in [0.5, 0.6) is 0 Å². The van der Waals surface area contributed by atoms with Gasteiger partial charge in [0.05, 0.1) is 0 Å². The number of anilines is 1. The van der Waals surface area contributed by atoms with Crippen molar-refractivity contribution in [3.05, 3.63) is 28.7 Å². The van der Waals surface area contributed by atoms with Gasteiger partial charge < -0.3 is 10.4 Å². The topological polar surface area (TPSA) is 32.3 Å². The Bertz CT molecular complexity index is 225. The van der Waals surface area contributed by atoms with Crippen LogP contribution in [0.2, 0.25) is 0 Å². The first kappa shape index (κ1) is 11.8. The minimum absolute atomic E-state index is 0. The molecule has 1 aromatic rings. The second-order valence-electron chi connectivity index (χ2n) is 2.33. The zero-order chi connectivity index (χ0) is 8.27. The van der Waals surface area contributed by atoms with E-state index >= 15 is 0 Å². The number of hydrogen-bond donors (Lipinski definition) is 2. The van der Waals surface area contributed by atoms with E-state index in [1.54, 1.807) is 6.92 Å². The summed E-state index contributed by atoms with van der Waals surface area (Å²) in [5, 5.41) is 11.8. The minimum Gasteiger partial charge on any atom is -0.374 e. The molecule has 1 unspecified atom stereocenters. The maximum absolute atomic E-state index is 8.95. The van der Waals surface area contributed by atoms with Crippen LogP contribution < -0.4 is 5.32 Å². The van der Waals surface area contributed by atoms with Crippen molar-refractivity contribution < 1.29 is 5.11 Å². The summed E-state index contributed by atoms with van der Waals surface area (Å²) in [4.78, 5) is 0. The first-order chi connectivity index (χ1) is 5.18. The Balaban J connectivity index is 0.00000121. The molecule has 0 aromatic heterocycles. The second-order valence-corrected chi connectivity index (χ2v) is 3.24. The van der Waals surface area contributed by atoms with Gasteiger partial charge in [-0.15, -0.1) is 12.4 Å². The fourth-order valence-corrected chi connectivity index (χ4v) is 1.05. The van der Waals surface area contributed by atoms with Crippen LogP contribution >= 0.6 is 28.3 Å². The van der Waals surface area contributed by atoms with E-state index < -0.39 is 6.23 Å². The summed E-state index contributed by atoms with van der Waals surface area (Å²) < 4.78 is 1.04. The summed E-state index contributed by atoms with van der Waals surface area (Å²) in [5.74, 6) is 0. The molecular weight excluding hydrogens is 241 g/mol. The van der Waals surface area contributed by atoms with E-state index in [0.717, 1.165) is 10.2 Å². The molecule has 1 atom stereocenters. The van der Waals surface area contributed by atoms with E-state index in [9.17, 15) is 0 Å². The normalized spacial score (nSPS) is 11.6. The van der Waals surface area contributed by atoms with E-state index in [0.29, 0.717) is 0 Å². The van der Waals surface area contributed by atoms with Gasteiger partial charge in [0, 0.05) is 10.2 Å². The van der Waals surface area contributed by atoms with Crippen molar-refractivity contribution in [2.45, 2.75) is 13.2 Å². The molecule has 0 amide bonds. The molecule has 68 valence electrons. The summed E-state index contributed by atoms with van der Waals surface area (Å²) in [6.07, 6.45) is -0.504. The lowest BCUT2D eigenvalue weighted by molar-refractivity contribution is 0.224. The lowest BCUT2D eigenvalue weighted by Crippen LogP contribution is -2.12. The van der Waals surface area contributed by atoms with E-state index in [2.05, 4.69) is 21.2 Å². The van der Waals surface area contributed by atoms with Gasteiger partial charge in [0.1, 0.15) is 6.23 Å². The molecule has 2 N–H and O–H groups in total. The van der Waals surface area contributed by atoms with Gasteiger partial charge in [-0.3, -0.25) is 0 Å². The molecule has 0 heterocycles. The number of hydrogen-bond acceptors (Lipinski definition) is 2. The monoisotopic (exact) mass is 251 g/mol. The standard InChI is InChI=1S/C8H10BrNO.ClH/c1-6(11)10-8-4-2-7(9)3-5-8;/h2-6,10-11H,1H3;1H. The largest absolute Gasteiger partial charge is 0.374 e. The van der Waals surface area contributed by atoms with E-state index in [-0.39, 0.29) is 12.4 Å². The van der Waals surface area contributed by atoms with Crippen LogP contribution in [0.25, 0.3) is 0 Å². The van der Waals surface area contributed by atoms with E-state index in [1.165, 1.54) is 0 Å². The Morgan fingerprint density at radius 2 is 1.83 bits per heavy atom. The Morgan fingerprint density at radius 3 is 2.25 bits per heavy atom. The zero-order valence-corrected chi connectivity index (χ0v) is 9.02. The molecule has 0 fully saturated rings. The third-order valence-corrected chi connectivity index (χ3v) is 1.75. The molecule has 1 rings (SSSR count). The highest BCUT2D eigenvalue weighted by atomic mass is 79.9. The van der Waals surface area contributed by atoms with Gasteiger partial charge in [0.2, 0.25) is 0 Å². The van der Waals surface area contributed by atoms with Crippen molar-refractivity contribution >= 4 is 34.0 Å². The number of nitrogens with one attached hydrogen (secondary N) is 1. The average molecular weight is 253 g/mol. The molecule has 2 nitrogen and oxygen atoms in total. The maximum atomic E-state index is 8.95. The molecule has 4 heteroatoms. The van der Waals surface area contributed by atoms with Gasteiger partial charge in [0.25, 0.3) is 0 Å². The molecule has 0 aliphatic rings. The summed E-state index contributed by atoms with van der Waals surface area (Å²) in [5.41, 5.74) is 0.920. The van der Waals surface area contributed by atoms with Crippen LogP contribution in [0.3, 0.4) is 0 Å². The summed E-state index contributed by atoms with van der Waals surface area (Å²) in [6, 6.07) is 7.64. The first-order valence-electron chi connectivity index (χ1n) is 3.38. The van der Waals surface area contributed by atoms with Gasteiger partial charge in [0.15, 0.2) is 0 Å². The van der Waals surface area contributed by atoms with Crippen LogP contribution in [0, 0.1) is 0 Å². The molecule has 0 bridgehead atoms. The number of benzene rings is 1. The molecular formula is C8H11BrClNO. The highest BCUT2D eigenvalue weighted by Crippen LogP contribution is 2.14. The quantitative estimate of drug-likeness (QED) is 0.793. The Kier molecular flexibility index (Phi) is 5.29. The highest BCUT2D eigenvalue weighted by Gasteiger charge is 1.94. The van der Waals surface area contributed by atoms with Crippen molar-refractivity contribution in [3.8, 4) is 0 Å². The van der Waals surface area contributed by atoms with Gasteiger partial charge in [-0.25, -0.2) is 0 Å². The van der Waals surface area contributed by atoms with Gasteiger partial charge in [-0.1, -0.05) is 15.9 Å². The fourth-order valence-electron chi connectivity index (χ4n) is 0.787. The summed E-state index contributed by atoms with van der Waals surface area (Å²) >= 11 is 3.32. The van der Waals surface area contributed by atoms with Crippen molar-refractivity contribution in [2.24, 2.45) is 0 Å². The number of aliphatic hydroxyl groups excluding tert-OH is 1. The molecule has 0 spiro atoms. The molecule has 0 aliphatic carbocycles. The summed E-state index contributed by atoms with van der Waals surface area (Å²) in [6.45, 7) is 1.68. The highest BCUT2D eigenvalue weighted by molar-refractivity contribution is 9.10. The smallest absolute Gasteiger partial charge is 0.121 e. The van der Waals surface area contributed by atoms with Crippen molar-refractivity contribution in [2.75, 3.05) is 5.32 Å². The Hall–Kier alpha value is -0.250. The van der Waals surface area contributed by atoms with E-state index in [4.69, 9.17) is 5.11 Å². The van der Waals surface area contributed by atoms with Crippen LogP contribution in [-0.2, 0) is 0 Å². The van der Waals surface area contributed by atoms with Crippen molar-refractivity contribution in [1.29, 1.82) is 0 Å². The third-order valence-electron chi connectivity index (χ3n) is 1.22. The number of aliphatic hydroxyl groups is 1. The van der Waals surface area contributed by atoms with Crippen LogP contribution in [0.4, 0.5) is 5.69 Å². The molecule has 1 aromatic carbocycles. The molecule has 0 radical (unpaired) electrons. The van der Waals surface area contributed by atoms with Crippen LogP contribution in [0.15, 0.2) is 28.7 Å². The average Bonchev–Trinajstić information content (AvgIpc) is 1.93. The fraction of sp³-hybridized carbons (Fsp3) is 0.250. The zero-order valence-electron chi connectivity index (χ0n) is 6.62. The lowest BCUT2D eigenvalue weighted by Gasteiger charge is -2.07. The summed E-state index contributed by atoms with van der Waals surface area (Å²) in [7, 11) is 0. The second kappa shape index (κ2) is 5.41. The predicted octanol–water partition coefficient (Wildman–Crippen LogP) is 2.62. The third kappa shape index (κ3) is 3.95. The predicted molar refractivity (Wildman–Crippen MR) is 56.7 cm³/mol. The van der Waals surface area contributed by atoms with Gasteiger partial charge >= 0.3 is 0 Å². The molecule has 0 saturated heterocycles. The van der Waals surface area contributed by atoms with Crippen LogP contribution in [-0.4, -0.2) is 11.3 Å². The Labute approximate surface area is 86.5 Å². The van der Waals surface area contributed by atoms with Crippen molar-refractivity contribution in [3.63, 3.8) is 0 Å². The number of rotatable bonds is 2. The lowest BCUT2D eigenvalue weighted by atomic mass is 10.3. The molecule has 0 saturated carbocycles. The van der Waals surface area contributed by atoms with Crippen molar-refractivity contribution in [1.82, 2.24) is 0 Å². The first-order valence-corrected chi connectivity index (χ1v) is 4.18. The minimum atomic E-state index is -0.504. The van der Waals surface area contributed by atoms with E-state index in [1.807, 2.05) is 24.3 Å². The maximum Gasteiger partial charge on any atom is 0.121 e. The SMILES string of the molecule is CC(O)Nc1ccc(Br)cc1.Cl.